The van der Waals surface area contributed by atoms with E-state index in [0.717, 1.165) is 31.5 Å². The van der Waals surface area contributed by atoms with Crippen molar-refractivity contribution in [3.05, 3.63) is 23.9 Å². The normalized spacial score (nSPS) is 25.1. The summed E-state index contributed by atoms with van der Waals surface area (Å²) in [4.78, 5) is 5.76. The summed E-state index contributed by atoms with van der Waals surface area (Å²) in [5.74, 6) is -1.05. The molecule has 1 aromatic heterocycles. The maximum absolute atomic E-state index is 13.7. The molecule has 17 heavy (non-hydrogen) atoms. The predicted molar refractivity (Wildman–Crippen MR) is 62.8 cm³/mol. The molecular formula is C12H17F2N3. The van der Waals surface area contributed by atoms with Gasteiger partial charge in [-0.15, -0.1) is 0 Å². The first kappa shape index (κ1) is 12.2. The molecule has 3 nitrogen and oxygen atoms in total. The summed E-state index contributed by atoms with van der Waals surface area (Å²) in [5.41, 5.74) is 5.71. The van der Waals surface area contributed by atoms with Crippen molar-refractivity contribution >= 4 is 5.82 Å². The van der Waals surface area contributed by atoms with E-state index in [0.29, 0.717) is 6.54 Å². The van der Waals surface area contributed by atoms with Crippen LogP contribution in [0, 0.1) is 11.6 Å². The molecule has 0 amide bonds. The minimum atomic E-state index is -0.653. The van der Waals surface area contributed by atoms with Crippen LogP contribution in [0.15, 0.2) is 12.3 Å². The van der Waals surface area contributed by atoms with Crippen LogP contribution in [0.5, 0.6) is 0 Å². The van der Waals surface area contributed by atoms with Gasteiger partial charge in [-0.2, -0.15) is 0 Å². The van der Waals surface area contributed by atoms with Crippen LogP contribution in [-0.2, 0) is 0 Å². The number of hydrogen-bond donors (Lipinski definition) is 1. The first-order chi connectivity index (χ1) is 8.13. The molecule has 2 rings (SSSR count). The minimum Gasteiger partial charge on any atom is -0.347 e. The Morgan fingerprint density at radius 1 is 1.47 bits per heavy atom. The number of halogens is 2. The van der Waals surface area contributed by atoms with Gasteiger partial charge in [0.15, 0.2) is 11.6 Å². The number of nitrogens with zero attached hydrogens (tertiary/aromatic N) is 2. The van der Waals surface area contributed by atoms with E-state index in [9.17, 15) is 8.78 Å². The van der Waals surface area contributed by atoms with Gasteiger partial charge in [-0.3, -0.25) is 0 Å². The van der Waals surface area contributed by atoms with Crippen LogP contribution in [0.3, 0.4) is 0 Å². The van der Waals surface area contributed by atoms with E-state index < -0.39 is 11.6 Å². The molecule has 1 aliphatic heterocycles. The molecule has 0 aliphatic carbocycles. The quantitative estimate of drug-likeness (QED) is 0.861. The molecule has 0 bridgehead atoms. The Balaban J connectivity index is 2.34. The Morgan fingerprint density at radius 3 is 2.88 bits per heavy atom. The summed E-state index contributed by atoms with van der Waals surface area (Å²) >= 11 is 0. The molecule has 1 aliphatic rings. The predicted octanol–water partition coefficient (Wildman–Crippen LogP) is 2.07. The van der Waals surface area contributed by atoms with Gasteiger partial charge in [0.2, 0.25) is 0 Å². The van der Waals surface area contributed by atoms with E-state index >= 15 is 0 Å². The molecule has 1 fully saturated rings. The molecule has 2 atom stereocenters. The average Bonchev–Trinajstić information content (AvgIpc) is 2.30. The standard InChI is InChI=1S/C12H17F2N3/c1-8-3-2-4-10(6-15)17(8)12-11(14)5-9(13)7-16-12/h5,7-8,10H,2-4,6,15H2,1H3. The number of anilines is 1. The third kappa shape index (κ3) is 2.39. The monoisotopic (exact) mass is 241 g/mol. The van der Waals surface area contributed by atoms with Gasteiger partial charge < -0.3 is 10.6 Å². The van der Waals surface area contributed by atoms with E-state index in [1.807, 2.05) is 11.8 Å². The highest BCUT2D eigenvalue weighted by molar-refractivity contribution is 5.43. The van der Waals surface area contributed by atoms with Crippen molar-refractivity contribution in [3.8, 4) is 0 Å². The summed E-state index contributed by atoms with van der Waals surface area (Å²) in [5, 5.41) is 0. The highest BCUT2D eigenvalue weighted by atomic mass is 19.1. The fourth-order valence-corrected chi connectivity index (χ4v) is 2.50. The SMILES string of the molecule is CC1CCCC(CN)N1c1ncc(F)cc1F. The van der Waals surface area contributed by atoms with Crippen molar-refractivity contribution in [3.63, 3.8) is 0 Å². The fourth-order valence-electron chi connectivity index (χ4n) is 2.50. The van der Waals surface area contributed by atoms with Crippen molar-refractivity contribution in [2.75, 3.05) is 11.4 Å². The maximum Gasteiger partial charge on any atom is 0.168 e. The van der Waals surface area contributed by atoms with Crippen molar-refractivity contribution in [2.45, 2.75) is 38.3 Å². The molecule has 0 saturated carbocycles. The molecular weight excluding hydrogens is 224 g/mol. The lowest BCUT2D eigenvalue weighted by Gasteiger charge is -2.41. The van der Waals surface area contributed by atoms with Gasteiger partial charge in [-0.05, 0) is 26.2 Å². The zero-order valence-corrected chi connectivity index (χ0v) is 9.87. The van der Waals surface area contributed by atoms with Crippen molar-refractivity contribution < 1.29 is 8.78 Å². The highest BCUT2D eigenvalue weighted by Gasteiger charge is 2.29. The van der Waals surface area contributed by atoms with E-state index in [1.54, 1.807) is 0 Å². The number of pyridine rings is 1. The lowest BCUT2D eigenvalue weighted by molar-refractivity contribution is 0.391. The van der Waals surface area contributed by atoms with Gasteiger partial charge in [0.25, 0.3) is 0 Å². The lowest BCUT2D eigenvalue weighted by atomic mass is 9.96. The Kier molecular flexibility index (Phi) is 3.57. The average molecular weight is 241 g/mol. The molecule has 0 aromatic carbocycles. The van der Waals surface area contributed by atoms with Crippen LogP contribution in [0.2, 0.25) is 0 Å². The van der Waals surface area contributed by atoms with Crippen LogP contribution in [0.1, 0.15) is 26.2 Å². The summed E-state index contributed by atoms with van der Waals surface area (Å²) < 4.78 is 26.6. The Hall–Kier alpha value is -1.23. The summed E-state index contributed by atoms with van der Waals surface area (Å²) in [6, 6.07) is 1.15. The van der Waals surface area contributed by atoms with Gasteiger partial charge in [-0.1, -0.05) is 0 Å². The van der Waals surface area contributed by atoms with Gasteiger partial charge in [0.05, 0.1) is 6.20 Å². The second-order valence-electron chi connectivity index (χ2n) is 4.54. The minimum absolute atomic E-state index is 0.0891. The summed E-state index contributed by atoms with van der Waals surface area (Å²) in [7, 11) is 0. The molecule has 1 saturated heterocycles. The van der Waals surface area contributed by atoms with Crippen LogP contribution in [0.4, 0.5) is 14.6 Å². The maximum atomic E-state index is 13.7. The van der Waals surface area contributed by atoms with Crippen LogP contribution >= 0.6 is 0 Å². The topological polar surface area (TPSA) is 42.1 Å². The Morgan fingerprint density at radius 2 is 2.24 bits per heavy atom. The molecule has 2 unspecified atom stereocenters. The molecule has 2 N–H and O–H groups in total. The van der Waals surface area contributed by atoms with E-state index in [-0.39, 0.29) is 17.9 Å². The van der Waals surface area contributed by atoms with Crippen LogP contribution < -0.4 is 10.6 Å². The van der Waals surface area contributed by atoms with Crippen molar-refractivity contribution in [2.24, 2.45) is 5.73 Å². The number of nitrogens with two attached hydrogens (primary N) is 1. The third-order valence-corrected chi connectivity index (χ3v) is 3.33. The van der Waals surface area contributed by atoms with Gasteiger partial charge >= 0.3 is 0 Å². The first-order valence-electron chi connectivity index (χ1n) is 5.93. The van der Waals surface area contributed by atoms with Crippen molar-refractivity contribution in [1.82, 2.24) is 4.98 Å². The van der Waals surface area contributed by atoms with E-state index in [1.165, 1.54) is 0 Å². The molecule has 0 spiro atoms. The third-order valence-electron chi connectivity index (χ3n) is 3.33. The van der Waals surface area contributed by atoms with E-state index in [4.69, 9.17) is 5.73 Å². The number of piperidine rings is 1. The largest absolute Gasteiger partial charge is 0.347 e. The molecule has 1 aromatic rings. The Labute approximate surface area is 99.6 Å². The smallest absolute Gasteiger partial charge is 0.168 e. The number of rotatable bonds is 2. The van der Waals surface area contributed by atoms with E-state index in [2.05, 4.69) is 4.98 Å². The zero-order chi connectivity index (χ0) is 12.4. The molecule has 5 heteroatoms. The molecule has 0 radical (unpaired) electrons. The van der Waals surface area contributed by atoms with Crippen LogP contribution in [0.25, 0.3) is 0 Å². The summed E-state index contributed by atoms with van der Waals surface area (Å²) in [6.45, 7) is 2.48. The second-order valence-corrected chi connectivity index (χ2v) is 4.54. The number of hydrogen-bond acceptors (Lipinski definition) is 3. The van der Waals surface area contributed by atoms with Crippen LogP contribution in [-0.4, -0.2) is 23.6 Å². The molecule has 94 valence electrons. The number of aromatic nitrogens is 1. The highest BCUT2D eigenvalue weighted by Crippen LogP contribution is 2.29. The Bertz CT molecular complexity index is 397. The molecule has 2 heterocycles. The van der Waals surface area contributed by atoms with Gasteiger partial charge in [-0.25, -0.2) is 13.8 Å². The van der Waals surface area contributed by atoms with Gasteiger partial charge in [0, 0.05) is 24.7 Å². The fraction of sp³-hybridized carbons (Fsp3) is 0.583. The lowest BCUT2D eigenvalue weighted by Crippen LogP contribution is -2.49. The first-order valence-corrected chi connectivity index (χ1v) is 5.93. The van der Waals surface area contributed by atoms with Crippen molar-refractivity contribution in [1.29, 1.82) is 0 Å². The summed E-state index contributed by atoms with van der Waals surface area (Å²) in [6.07, 6.45) is 4.05. The second kappa shape index (κ2) is 4.96. The zero-order valence-electron chi connectivity index (χ0n) is 9.87. The van der Waals surface area contributed by atoms with Gasteiger partial charge in [0.1, 0.15) is 5.82 Å².